The highest BCUT2D eigenvalue weighted by atomic mass is 16.6. The Bertz CT molecular complexity index is 4620. The number of fused-ring (bicyclic) bond motifs is 3. The van der Waals surface area contributed by atoms with E-state index in [4.69, 9.17) is 24.7 Å². The number of ether oxygens (including phenoxy) is 4. The maximum Gasteiger partial charge on any atom is 0.412 e. The lowest BCUT2D eigenvalue weighted by Gasteiger charge is -2.27. The number of hydrogen-bond donors (Lipinski definition) is 3. The molecule has 17 heteroatoms. The second kappa shape index (κ2) is 31.6. The zero-order chi connectivity index (χ0) is 70.3. The normalized spacial score (nSPS) is 16.9. The number of amides is 1. The van der Waals surface area contributed by atoms with Crippen LogP contribution in [0.2, 0.25) is 0 Å². The van der Waals surface area contributed by atoms with Crippen LogP contribution in [0.3, 0.4) is 0 Å². The predicted octanol–water partition coefficient (Wildman–Crippen LogP) is 15.4. The minimum absolute atomic E-state index is 0.00777. The van der Waals surface area contributed by atoms with Crippen LogP contribution < -0.4 is 11.1 Å². The molecule has 16 rings (SSSR count). The summed E-state index contributed by atoms with van der Waals surface area (Å²) >= 11 is 0. The van der Waals surface area contributed by atoms with E-state index in [0.717, 1.165) is 179 Å². The number of hydrogen-bond acceptors (Lipinski definition) is 12. The van der Waals surface area contributed by atoms with E-state index in [-0.39, 0.29) is 18.0 Å². The summed E-state index contributed by atoms with van der Waals surface area (Å²) in [4.78, 5) is 58.4. The van der Waals surface area contributed by atoms with Gasteiger partial charge in [-0.2, -0.15) is 0 Å². The Kier molecular flexibility index (Phi) is 21.6. The Hall–Kier alpha value is -9.20. The highest BCUT2D eigenvalue weighted by Gasteiger charge is 2.32. The van der Waals surface area contributed by atoms with E-state index in [1.54, 1.807) is 12.1 Å². The monoisotopic (exact) mass is 1370 g/mol. The molecule has 3 aliphatic carbocycles. The number of carboxylic acid groups (broad SMARTS) is 1. The second-order valence-electron chi connectivity index (χ2n) is 29.3. The zero-order valence-electron chi connectivity index (χ0n) is 59.3. The summed E-state index contributed by atoms with van der Waals surface area (Å²) < 4.78 is 29.3. The lowest BCUT2D eigenvalue weighted by Crippen LogP contribution is -2.38. The van der Waals surface area contributed by atoms with Crippen LogP contribution in [0.5, 0.6) is 0 Å². The Morgan fingerprint density at radius 2 is 0.814 bits per heavy atom. The number of nitrogens with zero attached hydrogens (tertiary/aromatic N) is 6. The molecule has 6 fully saturated rings. The fourth-order valence-electron chi connectivity index (χ4n) is 14.7. The van der Waals surface area contributed by atoms with Crippen LogP contribution in [0.4, 0.5) is 16.2 Å². The number of carbonyl (C=O) groups is 4. The molecule has 0 unspecified atom stereocenters. The van der Waals surface area contributed by atoms with E-state index in [1.807, 2.05) is 124 Å². The van der Waals surface area contributed by atoms with Crippen LogP contribution in [0.15, 0.2) is 170 Å². The van der Waals surface area contributed by atoms with Crippen LogP contribution in [-0.4, -0.2) is 161 Å². The molecule has 0 spiro atoms. The summed E-state index contributed by atoms with van der Waals surface area (Å²) in [7, 11) is 0. The smallest absolute Gasteiger partial charge is 0.412 e. The van der Waals surface area contributed by atoms with Gasteiger partial charge in [0.25, 0.3) is 0 Å². The van der Waals surface area contributed by atoms with Crippen LogP contribution in [0, 0.1) is 0 Å². The number of nitrogens with two attached hydrogens (primary N) is 1. The molecule has 102 heavy (non-hydrogen) atoms. The predicted molar refractivity (Wildman–Crippen MR) is 405 cm³/mol. The van der Waals surface area contributed by atoms with Gasteiger partial charge in [0.15, 0.2) is 11.6 Å². The molecule has 3 aromatic heterocycles. The topological polar surface area (TPSA) is 188 Å². The third-order valence-corrected chi connectivity index (χ3v) is 20.7. The van der Waals surface area contributed by atoms with Crippen LogP contribution in [0.25, 0.3) is 55.0 Å². The maximum atomic E-state index is 13.8. The lowest BCUT2D eigenvalue weighted by atomic mass is 9.96. The van der Waals surface area contributed by atoms with Crippen molar-refractivity contribution in [3.05, 3.63) is 215 Å². The van der Waals surface area contributed by atoms with Crippen molar-refractivity contribution < 1.29 is 43.2 Å². The highest BCUT2D eigenvalue weighted by molar-refractivity contribution is 6.03. The standard InChI is InChI=1S/C36H41N3O4.C31H33N3O2.C18H22N2O3/c1-36(2,3)43-35(41)37-31-13-11-27(25-7-5-4-6-8-25)21-29(31)24-34(40)28-12-14-32-30(22-28)23-33(26-9-10-26)39(32)16-15-38-17-19-42-20-18-38;32-28-10-8-24(22-4-2-1-3-5-22)18-26(28)21-31(35)25-9-11-29-27(19-25)20-30(23-6-7-23)34(29)13-12-33-14-16-36-17-15-33;21-18(22)14-3-4-16-15(11-14)12-17(13-1-2-13)20(16)6-5-19-7-9-23-10-8-19/h4-8,11-14,21-23,26H,9-10,15-20,24H2,1-3H3,(H,37,41);1-5,8-11,18-20,23H,6-7,12-17,21,32H2;3-4,11-13H,1-2,5-10H2,(H,21,22). The quantitative estimate of drug-likeness (QED) is 0.0430. The van der Waals surface area contributed by atoms with E-state index < -0.39 is 17.7 Å². The summed E-state index contributed by atoms with van der Waals surface area (Å²) in [6.07, 6.45) is 7.39. The Morgan fingerprint density at radius 1 is 0.441 bits per heavy atom. The van der Waals surface area contributed by atoms with Gasteiger partial charge < -0.3 is 43.5 Å². The van der Waals surface area contributed by atoms with Crippen molar-refractivity contribution in [3.8, 4) is 22.3 Å². The summed E-state index contributed by atoms with van der Waals surface area (Å²) in [6.45, 7) is 22.3. The lowest BCUT2D eigenvalue weighted by molar-refractivity contribution is 0.0364. The molecule has 3 saturated carbocycles. The summed E-state index contributed by atoms with van der Waals surface area (Å²) in [6, 6.07) is 56.6. The molecule has 3 saturated heterocycles. The van der Waals surface area contributed by atoms with Crippen molar-refractivity contribution in [2.45, 2.75) is 115 Å². The van der Waals surface area contributed by atoms with Gasteiger partial charge in [0, 0.05) is 164 Å². The maximum absolute atomic E-state index is 13.8. The minimum Gasteiger partial charge on any atom is -0.478 e. The summed E-state index contributed by atoms with van der Waals surface area (Å²) in [5.74, 6) is 1.16. The van der Waals surface area contributed by atoms with Crippen molar-refractivity contribution in [2.75, 3.05) is 110 Å². The molecular weight excluding hydrogens is 1280 g/mol. The van der Waals surface area contributed by atoms with Gasteiger partial charge in [-0.1, -0.05) is 72.8 Å². The summed E-state index contributed by atoms with van der Waals surface area (Å²) in [5, 5.41) is 15.4. The SMILES string of the molecule is CC(C)(C)OC(=O)Nc1ccc(-c2ccccc2)cc1CC(=O)c1ccc2c(c1)cc(C1CC1)n2CCN1CCOCC1.Nc1ccc(-c2ccccc2)cc1CC(=O)c1ccc2c(c1)cc(C1CC1)n2CCN1CCOCC1.O=C(O)c1ccc2c(c1)cc(C1CC1)n2CCN1CCOCC1. The molecule has 10 aromatic rings. The van der Waals surface area contributed by atoms with Crippen molar-refractivity contribution in [1.82, 2.24) is 28.4 Å². The van der Waals surface area contributed by atoms with Crippen LogP contribution in [0.1, 0.15) is 136 Å². The fourth-order valence-corrected chi connectivity index (χ4v) is 14.7. The number of carboxylic acids is 1. The van der Waals surface area contributed by atoms with Gasteiger partial charge in [0.1, 0.15) is 5.60 Å². The molecule has 0 bridgehead atoms. The summed E-state index contributed by atoms with van der Waals surface area (Å²) in [5.41, 5.74) is 22.3. The minimum atomic E-state index is -0.860. The van der Waals surface area contributed by atoms with Crippen molar-refractivity contribution in [2.24, 2.45) is 0 Å². The molecule has 17 nitrogen and oxygen atoms in total. The molecule has 530 valence electrons. The number of rotatable bonds is 22. The number of aromatic carboxylic acids is 1. The number of ketones is 2. The average Bonchev–Trinajstić information content (AvgIpc) is 1.63. The number of aromatic nitrogens is 3. The second-order valence-corrected chi connectivity index (χ2v) is 29.3. The van der Waals surface area contributed by atoms with E-state index in [2.05, 4.69) is 88.3 Å². The Morgan fingerprint density at radius 3 is 1.21 bits per heavy atom. The van der Waals surface area contributed by atoms with Gasteiger partial charge in [-0.15, -0.1) is 0 Å². The first-order chi connectivity index (χ1) is 49.6. The number of Topliss-reactive ketones (excluding diaryl/α,β-unsaturated/α-hetero) is 2. The first kappa shape index (κ1) is 69.9. The van der Waals surface area contributed by atoms with E-state index in [0.29, 0.717) is 46.7 Å². The number of nitrogens with one attached hydrogen (secondary N) is 1. The zero-order valence-corrected chi connectivity index (χ0v) is 59.3. The van der Waals surface area contributed by atoms with Gasteiger partial charge in [0.05, 0.1) is 45.2 Å². The number of benzene rings is 7. The third kappa shape index (κ3) is 17.5. The largest absolute Gasteiger partial charge is 0.478 e. The fraction of sp³-hybridized carbons (Fsp3) is 0.388. The molecule has 0 radical (unpaired) electrons. The van der Waals surface area contributed by atoms with Crippen molar-refractivity contribution >= 4 is 67.7 Å². The Labute approximate surface area is 598 Å². The molecule has 1 amide bonds. The molecule has 7 aromatic carbocycles. The van der Waals surface area contributed by atoms with Crippen LogP contribution in [-0.2, 0) is 51.4 Å². The molecule has 0 atom stereocenters. The van der Waals surface area contributed by atoms with E-state index >= 15 is 0 Å². The number of carbonyl (C=O) groups excluding carboxylic acids is 3. The Balaban J connectivity index is 0.000000135. The molecule has 4 N–H and O–H groups in total. The number of anilines is 2. The molecule has 6 aliphatic rings. The molecule has 6 heterocycles. The highest BCUT2D eigenvalue weighted by Crippen LogP contribution is 2.45. The van der Waals surface area contributed by atoms with E-state index in [9.17, 15) is 24.3 Å². The average molecular weight is 1370 g/mol. The first-order valence-electron chi connectivity index (χ1n) is 36.8. The van der Waals surface area contributed by atoms with E-state index in [1.165, 1.54) is 66.6 Å². The number of nitrogen functional groups attached to an aromatic ring is 1. The van der Waals surface area contributed by atoms with Crippen molar-refractivity contribution in [3.63, 3.8) is 0 Å². The van der Waals surface area contributed by atoms with Gasteiger partial charge >= 0.3 is 12.1 Å². The van der Waals surface area contributed by atoms with Gasteiger partial charge in [-0.3, -0.25) is 29.6 Å². The first-order valence-corrected chi connectivity index (χ1v) is 36.8. The van der Waals surface area contributed by atoms with Gasteiger partial charge in [-0.25, -0.2) is 9.59 Å². The molecule has 3 aliphatic heterocycles. The van der Waals surface area contributed by atoms with Gasteiger partial charge in [0.2, 0.25) is 0 Å². The van der Waals surface area contributed by atoms with Crippen LogP contribution >= 0.6 is 0 Å². The van der Waals surface area contributed by atoms with Crippen molar-refractivity contribution in [1.29, 1.82) is 0 Å². The third-order valence-electron chi connectivity index (χ3n) is 20.7. The molecular formula is C85H96N8O9. The van der Waals surface area contributed by atoms with Gasteiger partial charge in [-0.05, 0) is 207 Å². The number of morpholine rings is 3.